The van der Waals surface area contributed by atoms with Crippen LogP contribution in [0.25, 0.3) is 0 Å². The van der Waals surface area contributed by atoms with Crippen molar-refractivity contribution in [2.45, 2.75) is 57.0 Å². The lowest BCUT2D eigenvalue weighted by molar-refractivity contribution is -0.128. The van der Waals surface area contributed by atoms with Crippen molar-refractivity contribution in [2.24, 2.45) is 29.4 Å². The molecule has 3 N–H and O–H groups in total. The average molecular weight is 357 g/mol. The number of nitrogens with two attached hydrogens (primary N) is 1. The van der Waals surface area contributed by atoms with Gasteiger partial charge in [-0.3, -0.25) is 4.79 Å². The summed E-state index contributed by atoms with van der Waals surface area (Å²) in [5.74, 6) is 1.99. The fraction of sp³-hybridized carbons (Fsp3) is 0.682. The Balaban J connectivity index is 1.43. The van der Waals surface area contributed by atoms with Gasteiger partial charge in [0.2, 0.25) is 5.91 Å². The SMILES string of the molecule is NC1C2CCCC1CC(C(=O)NC(CC1CCOC1)c1ccccc1)C2. The van der Waals surface area contributed by atoms with Crippen LogP contribution in [-0.4, -0.2) is 25.2 Å². The predicted molar refractivity (Wildman–Crippen MR) is 102 cm³/mol. The predicted octanol–water partition coefficient (Wildman–Crippen LogP) is 3.42. The summed E-state index contributed by atoms with van der Waals surface area (Å²) in [5, 5.41) is 3.40. The van der Waals surface area contributed by atoms with E-state index in [4.69, 9.17) is 10.5 Å². The molecule has 2 saturated carbocycles. The van der Waals surface area contributed by atoms with Gasteiger partial charge in [-0.1, -0.05) is 36.8 Å². The number of hydrogen-bond donors (Lipinski definition) is 2. The maximum absolute atomic E-state index is 13.1. The Morgan fingerprint density at radius 2 is 1.88 bits per heavy atom. The molecule has 26 heavy (non-hydrogen) atoms. The van der Waals surface area contributed by atoms with E-state index < -0.39 is 0 Å². The van der Waals surface area contributed by atoms with E-state index in [2.05, 4.69) is 29.6 Å². The van der Waals surface area contributed by atoms with Crippen molar-refractivity contribution in [3.8, 4) is 0 Å². The van der Waals surface area contributed by atoms with Crippen molar-refractivity contribution in [1.82, 2.24) is 5.32 Å². The van der Waals surface area contributed by atoms with E-state index in [-0.39, 0.29) is 17.9 Å². The summed E-state index contributed by atoms with van der Waals surface area (Å²) >= 11 is 0. The van der Waals surface area contributed by atoms with Crippen molar-refractivity contribution < 1.29 is 9.53 Å². The number of benzene rings is 1. The maximum Gasteiger partial charge on any atom is 0.223 e. The molecule has 4 atom stereocenters. The zero-order valence-electron chi connectivity index (χ0n) is 15.6. The summed E-state index contributed by atoms with van der Waals surface area (Å²) in [5.41, 5.74) is 7.61. The molecule has 3 aliphatic rings. The van der Waals surface area contributed by atoms with Crippen LogP contribution in [0.4, 0.5) is 0 Å². The molecule has 3 fully saturated rings. The molecule has 1 heterocycles. The van der Waals surface area contributed by atoms with E-state index >= 15 is 0 Å². The van der Waals surface area contributed by atoms with Crippen LogP contribution in [-0.2, 0) is 9.53 Å². The minimum Gasteiger partial charge on any atom is -0.381 e. The maximum atomic E-state index is 13.1. The smallest absolute Gasteiger partial charge is 0.223 e. The van der Waals surface area contributed by atoms with Gasteiger partial charge in [-0.2, -0.15) is 0 Å². The lowest BCUT2D eigenvalue weighted by Crippen LogP contribution is -2.49. The van der Waals surface area contributed by atoms with Gasteiger partial charge in [0.15, 0.2) is 0 Å². The normalized spacial score (nSPS) is 35.0. The number of hydrogen-bond acceptors (Lipinski definition) is 3. The van der Waals surface area contributed by atoms with E-state index in [0.29, 0.717) is 23.8 Å². The lowest BCUT2D eigenvalue weighted by Gasteiger charge is -2.43. The Morgan fingerprint density at radius 1 is 1.15 bits per heavy atom. The van der Waals surface area contributed by atoms with Crippen molar-refractivity contribution in [2.75, 3.05) is 13.2 Å². The first-order valence-corrected chi connectivity index (χ1v) is 10.4. The van der Waals surface area contributed by atoms with Crippen molar-refractivity contribution in [3.63, 3.8) is 0 Å². The number of amides is 1. The number of carbonyl (C=O) groups is 1. The highest BCUT2D eigenvalue weighted by Gasteiger charge is 2.41. The summed E-state index contributed by atoms with van der Waals surface area (Å²) in [7, 11) is 0. The monoisotopic (exact) mass is 356 g/mol. The van der Waals surface area contributed by atoms with E-state index in [1.165, 1.54) is 24.8 Å². The molecule has 1 aromatic carbocycles. The van der Waals surface area contributed by atoms with Crippen LogP contribution in [0.1, 0.15) is 56.6 Å². The molecule has 1 saturated heterocycles. The number of nitrogens with one attached hydrogen (secondary N) is 1. The van der Waals surface area contributed by atoms with Crippen molar-refractivity contribution in [3.05, 3.63) is 35.9 Å². The molecule has 4 heteroatoms. The molecule has 0 radical (unpaired) electrons. The van der Waals surface area contributed by atoms with Gasteiger partial charge in [-0.15, -0.1) is 0 Å². The minimum absolute atomic E-state index is 0.0887. The summed E-state index contributed by atoms with van der Waals surface area (Å²) in [6.45, 7) is 1.67. The molecule has 2 aliphatic carbocycles. The lowest BCUT2D eigenvalue weighted by atomic mass is 9.65. The molecule has 142 valence electrons. The van der Waals surface area contributed by atoms with E-state index in [0.717, 1.165) is 38.9 Å². The minimum atomic E-state index is 0.0887. The highest BCUT2D eigenvalue weighted by atomic mass is 16.5. The first-order valence-electron chi connectivity index (χ1n) is 10.4. The fourth-order valence-corrected chi connectivity index (χ4v) is 5.36. The molecular formula is C22H32N2O2. The average Bonchev–Trinajstić information content (AvgIpc) is 3.15. The van der Waals surface area contributed by atoms with E-state index in [9.17, 15) is 4.79 Å². The third-order valence-electron chi connectivity index (χ3n) is 6.90. The van der Waals surface area contributed by atoms with Gasteiger partial charge in [0, 0.05) is 25.2 Å². The number of carbonyl (C=O) groups excluding carboxylic acids is 1. The third-order valence-corrected chi connectivity index (χ3v) is 6.90. The van der Waals surface area contributed by atoms with Gasteiger partial charge in [-0.05, 0) is 61.8 Å². The molecule has 4 rings (SSSR count). The number of fused-ring (bicyclic) bond motifs is 2. The quantitative estimate of drug-likeness (QED) is 0.849. The fourth-order valence-electron chi connectivity index (χ4n) is 5.36. The largest absolute Gasteiger partial charge is 0.381 e. The highest BCUT2D eigenvalue weighted by molar-refractivity contribution is 5.79. The Labute approximate surface area is 156 Å². The van der Waals surface area contributed by atoms with Crippen molar-refractivity contribution >= 4 is 5.91 Å². The molecular weight excluding hydrogens is 324 g/mol. The second-order valence-corrected chi connectivity index (χ2v) is 8.63. The van der Waals surface area contributed by atoms with Crippen molar-refractivity contribution in [1.29, 1.82) is 0 Å². The Hall–Kier alpha value is -1.39. The third kappa shape index (κ3) is 3.96. The van der Waals surface area contributed by atoms with Crippen LogP contribution >= 0.6 is 0 Å². The summed E-state index contributed by atoms with van der Waals surface area (Å²) < 4.78 is 5.55. The van der Waals surface area contributed by atoms with Crippen LogP contribution in [0.15, 0.2) is 30.3 Å². The van der Waals surface area contributed by atoms with Gasteiger partial charge in [0.25, 0.3) is 0 Å². The van der Waals surface area contributed by atoms with E-state index in [1.807, 2.05) is 6.07 Å². The number of ether oxygens (including phenoxy) is 1. The van der Waals surface area contributed by atoms with Gasteiger partial charge < -0.3 is 15.8 Å². The Kier molecular flexibility index (Phi) is 5.60. The zero-order chi connectivity index (χ0) is 17.9. The molecule has 4 unspecified atom stereocenters. The summed E-state index contributed by atoms with van der Waals surface area (Å²) in [6.07, 6.45) is 7.68. The topological polar surface area (TPSA) is 64.4 Å². The molecule has 0 aromatic heterocycles. The Morgan fingerprint density at radius 3 is 2.54 bits per heavy atom. The molecule has 1 aromatic rings. The van der Waals surface area contributed by atoms with E-state index in [1.54, 1.807) is 0 Å². The summed E-state index contributed by atoms with van der Waals surface area (Å²) in [4.78, 5) is 13.1. The Bertz CT molecular complexity index is 585. The van der Waals surface area contributed by atoms with Gasteiger partial charge >= 0.3 is 0 Å². The summed E-state index contributed by atoms with van der Waals surface area (Å²) in [6, 6.07) is 10.8. The standard InChI is InChI=1S/C22H32N2O2/c23-21-17-7-4-8-18(21)13-19(12-17)22(25)24-20(11-15-9-10-26-14-15)16-5-2-1-3-6-16/h1-3,5-6,15,17-21H,4,7-14,23H2,(H,24,25). The highest BCUT2D eigenvalue weighted by Crippen LogP contribution is 2.42. The second kappa shape index (κ2) is 8.10. The first kappa shape index (κ1) is 18.0. The van der Waals surface area contributed by atoms with Gasteiger partial charge in [0.1, 0.15) is 0 Å². The zero-order valence-corrected chi connectivity index (χ0v) is 15.6. The second-order valence-electron chi connectivity index (χ2n) is 8.63. The number of rotatable bonds is 5. The molecule has 2 bridgehead atoms. The molecule has 1 aliphatic heterocycles. The molecule has 1 amide bonds. The first-order chi connectivity index (χ1) is 12.7. The van der Waals surface area contributed by atoms with Crippen LogP contribution in [0.5, 0.6) is 0 Å². The van der Waals surface area contributed by atoms with Crippen LogP contribution in [0, 0.1) is 23.7 Å². The van der Waals surface area contributed by atoms with Crippen LogP contribution in [0.2, 0.25) is 0 Å². The van der Waals surface area contributed by atoms with Gasteiger partial charge in [-0.25, -0.2) is 0 Å². The molecule has 4 nitrogen and oxygen atoms in total. The van der Waals surface area contributed by atoms with Gasteiger partial charge in [0.05, 0.1) is 6.04 Å². The molecule has 0 spiro atoms. The van der Waals surface area contributed by atoms with Crippen LogP contribution < -0.4 is 11.1 Å². The van der Waals surface area contributed by atoms with Crippen LogP contribution in [0.3, 0.4) is 0 Å².